The number of halogens is 2. The molecule has 0 radical (unpaired) electrons. The van der Waals surface area contributed by atoms with E-state index in [1.165, 1.54) is 7.05 Å². The molecule has 0 atom stereocenters. The lowest BCUT2D eigenvalue weighted by Gasteiger charge is -2.16. The molecule has 1 heterocycles. The number of nitrogens with two attached hydrogens (primary N) is 1. The van der Waals surface area contributed by atoms with Gasteiger partial charge in [-0.15, -0.1) is 0 Å². The third-order valence-corrected chi connectivity index (χ3v) is 4.52. The Labute approximate surface area is 119 Å². The van der Waals surface area contributed by atoms with Crippen LogP contribution in [0.3, 0.4) is 0 Å². The topological polar surface area (TPSA) is 105 Å². The lowest BCUT2D eigenvalue weighted by atomic mass is 10.3. The number of anilines is 1. The van der Waals surface area contributed by atoms with E-state index < -0.39 is 26.6 Å². The minimum Gasteiger partial charge on any atom is -0.399 e. The molecule has 21 heavy (non-hydrogen) atoms. The lowest BCUT2D eigenvalue weighted by Crippen LogP contribution is -2.28. The van der Waals surface area contributed by atoms with Crippen LogP contribution in [0.1, 0.15) is 11.6 Å². The second-order valence-electron chi connectivity index (χ2n) is 4.41. The van der Waals surface area contributed by atoms with Gasteiger partial charge in [0.25, 0.3) is 0 Å². The molecule has 1 aromatic heterocycles. The molecule has 0 unspecified atom stereocenters. The molecule has 0 bridgehead atoms. The highest BCUT2D eigenvalue weighted by atomic mass is 32.2. The number of rotatable bonds is 4. The summed E-state index contributed by atoms with van der Waals surface area (Å²) in [5, 5.41) is 6.34. The van der Waals surface area contributed by atoms with Crippen LogP contribution in [0.25, 0.3) is 0 Å². The van der Waals surface area contributed by atoms with Crippen molar-refractivity contribution in [1.29, 1.82) is 0 Å². The predicted molar refractivity (Wildman–Crippen MR) is 70.5 cm³/mol. The molecule has 2 rings (SSSR count). The summed E-state index contributed by atoms with van der Waals surface area (Å²) < 4.78 is 52.3. The average molecular weight is 317 g/mol. The molecule has 0 aliphatic carbocycles. The molecule has 0 fully saturated rings. The Morgan fingerprint density at radius 2 is 2.05 bits per heavy atom. The summed E-state index contributed by atoms with van der Waals surface area (Å²) in [5.41, 5.74) is 5.18. The summed E-state index contributed by atoms with van der Waals surface area (Å²) in [6.07, 6.45) is 0. The van der Waals surface area contributed by atoms with Crippen LogP contribution in [0.5, 0.6) is 0 Å². The van der Waals surface area contributed by atoms with Crippen LogP contribution in [0.15, 0.2) is 17.0 Å². The van der Waals surface area contributed by atoms with Gasteiger partial charge in [0.15, 0.2) is 17.5 Å². The van der Waals surface area contributed by atoms with Gasteiger partial charge < -0.3 is 5.73 Å². The first-order valence-electron chi connectivity index (χ1n) is 5.80. The maximum atomic E-state index is 13.7. The maximum Gasteiger partial charge on any atom is 0.246 e. The third-order valence-electron chi connectivity index (χ3n) is 2.71. The molecule has 0 saturated carbocycles. The summed E-state index contributed by atoms with van der Waals surface area (Å²) in [5.74, 6) is -2.07. The van der Waals surface area contributed by atoms with Crippen LogP contribution >= 0.6 is 0 Å². The molecule has 7 nitrogen and oxygen atoms in total. The van der Waals surface area contributed by atoms with E-state index in [2.05, 4.69) is 15.2 Å². The molecule has 0 aliphatic rings. The van der Waals surface area contributed by atoms with Crippen molar-refractivity contribution < 1.29 is 17.2 Å². The molecule has 0 spiro atoms. The Hall–Kier alpha value is -2.07. The number of H-pyrrole nitrogens is 1. The summed E-state index contributed by atoms with van der Waals surface area (Å²) in [6.45, 7) is 1.46. The standard InChI is InChI=1S/C11H13F2N5O2S/c1-6-15-10(17-16-6)5-18(2)21(19,20)9-4-7(14)3-8(12)11(9)13/h3-4H,5,14H2,1-2H3,(H,15,16,17). The van der Waals surface area contributed by atoms with E-state index in [4.69, 9.17) is 5.73 Å². The Kier molecular flexibility index (Phi) is 3.92. The summed E-state index contributed by atoms with van der Waals surface area (Å²) in [7, 11) is -3.05. The van der Waals surface area contributed by atoms with E-state index in [9.17, 15) is 17.2 Å². The van der Waals surface area contributed by atoms with Crippen LogP contribution in [0.4, 0.5) is 14.5 Å². The molecule has 0 saturated heterocycles. The van der Waals surface area contributed by atoms with Gasteiger partial charge in [-0.2, -0.15) is 9.40 Å². The average Bonchev–Trinajstić information content (AvgIpc) is 2.79. The van der Waals surface area contributed by atoms with E-state index >= 15 is 0 Å². The van der Waals surface area contributed by atoms with Crippen LogP contribution in [0, 0.1) is 18.6 Å². The van der Waals surface area contributed by atoms with Gasteiger partial charge in [0.05, 0.1) is 6.54 Å². The van der Waals surface area contributed by atoms with E-state index in [-0.39, 0.29) is 18.1 Å². The van der Waals surface area contributed by atoms with Gasteiger partial charge in [-0.3, -0.25) is 5.10 Å². The minimum atomic E-state index is -4.26. The summed E-state index contributed by atoms with van der Waals surface area (Å²) in [4.78, 5) is 3.13. The van der Waals surface area contributed by atoms with Gasteiger partial charge in [0.2, 0.25) is 10.0 Å². The van der Waals surface area contributed by atoms with Gasteiger partial charge in [-0.1, -0.05) is 0 Å². The zero-order chi connectivity index (χ0) is 15.8. The molecule has 0 aliphatic heterocycles. The number of nitrogens with zero attached hydrogens (tertiary/aromatic N) is 3. The van der Waals surface area contributed by atoms with Crippen LogP contribution < -0.4 is 5.73 Å². The van der Waals surface area contributed by atoms with Gasteiger partial charge in [0, 0.05) is 12.7 Å². The van der Waals surface area contributed by atoms with Crippen molar-refractivity contribution in [3.63, 3.8) is 0 Å². The third kappa shape index (κ3) is 3.00. The largest absolute Gasteiger partial charge is 0.399 e. The fourth-order valence-corrected chi connectivity index (χ4v) is 2.91. The molecular formula is C11H13F2N5O2S. The van der Waals surface area contributed by atoms with Crippen molar-refractivity contribution in [2.24, 2.45) is 0 Å². The molecule has 3 N–H and O–H groups in total. The fraction of sp³-hybridized carbons (Fsp3) is 0.273. The fourth-order valence-electron chi connectivity index (χ4n) is 1.68. The molecule has 10 heteroatoms. The van der Waals surface area contributed by atoms with Gasteiger partial charge >= 0.3 is 0 Å². The highest BCUT2D eigenvalue weighted by Gasteiger charge is 2.28. The Balaban J connectivity index is 2.37. The number of aromatic nitrogens is 3. The van der Waals surface area contributed by atoms with Crippen LogP contribution in [-0.2, 0) is 16.6 Å². The van der Waals surface area contributed by atoms with E-state index in [0.717, 1.165) is 10.4 Å². The summed E-state index contributed by atoms with van der Waals surface area (Å²) >= 11 is 0. The SMILES string of the molecule is Cc1nc(CN(C)S(=O)(=O)c2cc(N)cc(F)c2F)n[nH]1. The van der Waals surface area contributed by atoms with Gasteiger partial charge in [0.1, 0.15) is 10.7 Å². The number of nitrogens with one attached hydrogen (secondary N) is 1. The van der Waals surface area contributed by atoms with Gasteiger partial charge in [-0.05, 0) is 19.1 Å². The van der Waals surface area contributed by atoms with E-state index in [1.807, 2.05) is 0 Å². The molecule has 2 aromatic rings. The van der Waals surface area contributed by atoms with E-state index in [1.54, 1.807) is 6.92 Å². The van der Waals surface area contributed by atoms with Crippen molar-refractivity contribution >= 4 is 15.7 Å². The number of aromatic amines is 1. The molecule has 114 valence electrons. The Morgan fingerprint density at radius 1 is 1.38 bits per heavy atom. The highest BCUT2D eigenvalue weighted by molar-refractivity contribution is 7.89. The van der Waals surface area contributed by atoms with Gasteiger partial charge in [-0.25, -0.2) is 22.2 Å². The zero-order valence-corrected chi connectivity index (χ0v) is 12.1. The monoisotopic (exact) mass is 317 g/mol. The maximum absolute atomic E-state index is 13.7. The normalized spacial score (nSPS) is 12.0. The van der Waals surface area contributed by atoms with Crippen LogP contribution in [0.2, 0.25) is 0 Å². The number of benzene rings is 1. The number of hydrogen-bond acceptors (Lipinski definition) is 5. The van der Waals surface area contributed by atoms with Crippen LogP contribution in [-0.4, -0.2) is 35.0 Å². The lowest BCUT2D eigenvalue weighted by molar-refractivity contribution is 0.441. The molecular weight excluding hydrogens is 304 g/mol. The quantitative estimate of drug-likeness (QED) is 0.811. The van der Waals surface area contributed by atoms with Crippen molar-refractivity contribution in [3.05, 3.63) is 35.4 Å². The van der Waals surface area contributed by atoms with Crippen molar-refractivity contribution in [3.8, 4) is 0 Å². The molecule has 0 amide bonds. The number of hydrogen-bond donors (Lipinski definition) is 2. The van der Waals surface area contributed by atoms with Crippen molar-refractivity contribution in [2.45, 2.75) is 18.4 Å². The highest BCUT2D eigenvalue weighted by Crippen LogP contribution is 2.24. The summed E-state index contributed by atoms with van der Waals surface area (Å²) in [6, 6.07) is 1.58. The second kappa shape index (κ2) is 5.37. The van der Waals surface area contributed by atoms with Crippen molar-refractivity contribution in [2.75, 3.05) is 12.8 Å². The number of sulfonamides is 1. The first-order valence-corrected chi connectivity index (χ1v) is 7.24. The smallest absolute Gasteiger partial charge is 0.246 e. The minimum absolute atomic E-state index is 0.186. The number of aryl methyl sites for hydroxylation is 1. The van der Waals surface area contributed by atoms with Crippen molar-refractivity contribution in [1.82, 2.24) is 19.5 Å². The Bertz CT molecular complexity index is 775. The predicted octanol–water partition coefficient (Wildman–Crippen LogP) is 0.794. The second-order valence-corrected chi connectivity index (χ2v) is 6.43. The number of nitrogen functional groups attached to an aromatic ring is 1. The van der Waals surface area contributed by atoms with E-state index in [0.29, 0.717) is 11.9 Å². The first kappa shape index (κ1) is 15.3. The zero-order valence-electron chi connectivity index (χ0n) is 11.3. The molecule has 1 aromatic carbocycles. The first-order chi connectivity index (χ1) is 9.71. The Morgan fingerprint density at radius 3 is 2.62 bits per heavy atom.